The van der Waals surface area contributed by atoms with Crippen molar-refractivity contribution in [3.8, 4) is 0 Å². The van der Waals surface area contributed by atoms with E-state index in [2.05, 4.69) is 46.8 Å². The van der Waals surface area contributed by atoms with Crippen LogP contribution < -0.4 is 0 Å². The Morgan fingerprint density at radius 1 is 1.16 bits per heavy atom. The van der Waals surface area contributed by atoms with Gasteiger partial charge in [-0.1, -0.05) is 32.1 Å². The van der Waals surface area contributed by atoms with Crippen LogP contribution >= 0.6 is 0 Å². The summed E-state index contributed by atoms with van der Waals surface area (Å²) in [6.07, 6.45) is 13.0. The van der Waals surface area contributed by atoms with Gasteiger partial charge >= 0.3 is 0 Å². The molecule has 140 valence electrons. The molecule has 1 amide bonds. The zero-order valence-electron chi connectivity index (χ0n) is 16.1. The van der Waals surface area contributed by atoms with Crippen LogP contribution in [0.15, 0.2) is 23.8 Å². The van der Waals surface area contributed by atoms with E-state index in [1.807, 2.05) is 0 Å². The second-order valence-corrected chi connectivity index (χ2v) is 8.30. The maximum atomic E-state index is 12.2. The number of carbonyl (C=O) groups excluding carboxylic acids is 1. The molecule has 3 rings (SSSR count). The minimum Gasteiger partial charge on any atom is -0.340 e. The first kappa shape index (κ1) is 18.7. The Morgan fingerprint density at radius 2 is 1.96 bits per heavy atom. The van der Waals surface area contributed by atoms with Crippen LogP contribution in [0.2, 0.25) is 0 Å². The third kappa shape index (κ3) is 5.42. The van der Waals surface area contributed by atoms with Crippen molar-refractivity contribution in [2.75, 3.05) is 45.8 Å². The number of rotatable bonds is 5. The topological polar surface area (TPSA) is 26.8 Å². The molecule has 2 heterocycles. The zero-order chi connectivity index (χ0) is 17.6. The Labute approximate surface area is 153 Å². The first-order valence-corrected chi connectivity index (χ1v) is 10.2. The monoisotopic (exact) mass is 345 g/mol. The van der Waals surface area contributed by atoms with E-state index < -0.39 is 0 Å². The van der Waals surface area contributed by atoms with Gasteiger partial charge in [-0.3, -0.25) is 14.6 Å². The summed E-state index contributed by atoms with van der Waals surface area (Å²) in [5.41, 5.74) is 1.58. The number of allylic oxidation sites excluding steroid dienone is 1. The van der Waals surface area contributed by atoms with Crippen LogP contribution in [0.25, 0.3) is 0 Å². The molecular formula is C21H35N3O. The summed E-state index contributed by atoms with van der Waals surface area (Å²) in [5.74, 6) is 0.791. The molecule has 4 nitrogen and oxygen atoms in total. The predicted octanol–water partition coefficient (Wildman–Crippen LogP) is 2.92. The number of piperazine rings is 1. The Hall–Kier alpha value is -1.13. The lowest BCUT2D eigenvalue weighted by Gasteiger charge is -2.38. The first-order valence-electron chi connectivity index (χ1n) is 10.2. The van der Waals surface area contributed by atoms with Gasteiger partial charge in [-0.15, -0.1) is 0 Å². The van der Waals surface area contributed by atoms with Crippen molar-refractivity contribution in [1.29, 1.82) is 0 Å². The molecule has 0 radical (unpaired) electrons. The van der Waals surface area contributed by atoms with Gasteiger partial charge in [0.25, 0.3) is 0 Å². The smallest absolute Gasteiger partial charge is 0.222 e. The molecule has 0 N–H and O–H groups in total. The Balaban J connectivity index is 1.44. The molecule has 2 aliphatic heterocycles. The maximum Gasteiger partial charge on any atom is 0.222 e. The molecule has 25 heavy (non-hydrogen) atoms. The van der Waals surface area contributed by atoms with Crippen molar-refractivity contribution < 1.29 is 4.79 Å². The molecular weight excluding hydrogens is 310 g/mol. The maximum absolute atomic E-state index is 12.2. The van der Waals surface area contributed by atoms with Crippen LogP contribution in [0.3, 0.4) is 0 Å². The third-order valence-electron chi connectivity index (χ3n) is 5.69. The van der Waals surface area contributed by atoms with E-state index in [0.717, 1.165) is 39.3 Å². The van der Waals surface area contributed by atoms with Crippen LogP contribution in [0.5, 0.6) is 0 Å². The summed E-state index contributed by atoms with van der Waals surface area (Å²) >= 11 is 0. The third-order valence-corrected chi connectivity index (χ3v) is 5.69. The van der Waals surface area contributed by atoms with E-state index >= 15 is 0 Å². The lowest BCUT2D eigenvalue weighted by Crippen LogP contribution is -2.50. The van der Waals surface area contributed by atoms with Crippen LogP contribution in [0.1, 0.15) is 46.0 Å². The summed E-state index contributed by atoms with van der Waals surface area (Å²) in [4.78, 5) is 19.5. The van der Waals surface area contributed by atoms with Crippen molar-refractivity contribution in [3.05, 3.63) is 23.8 Å². The summed E-state index contributed by atoms with van der Waals surface area (Å²) in [6, 6.07) is 0.656. The van der Waals surface area contributed by atoms with Crippen LogP contribution in [-0.4, -0.2) is 72.5 Å². The highest BCUT2D eigenvalue weighted by atomic mass is 16.2. The van der Waals surface area contributed by atoms with Crippen LogP contribution in [-0.2, 0) is 4.79 Å². The molecule has 1 aliphatic carbocycles. The van der Waals surface area contributed by atoms with Crippen molar-refractivity contribution in [3.63, 3.8) is 0 Å². The second kappa shape index (κ2) is 9.00. The molecule has 0 saturated carbocycles. The number of hydrogen-bond acceptors (Lipinski definition) is 3. The number of amides is 1. The minimum absolute atomic E-state index is 0.335. The van der Waals surface area contributed by atoms with Crippen molar-refractivity contribution in [2.24, 2.45) is 5.92 Å². The molecule has 3 aliphatic rings. The van der Waals surface area contributed by atoms with Crippen LogP contribution in [0.4, 0.5) is 0 Å². The van der Waals surface area contributed by atoms with E-state index in [9.17, 15) is 4.79 Å². The molecule has 1 atom stereocenters. The second-order valence-electron chi connectivity index (χ2n) is 8.30. The predicted molar refractivity (Wildman–Crippen MR) is 104 cm³/mol. The Bertz CT molecular complexity index is 503. The number of hydrogen-bond donors (Lipinski definition) is 0. The van der Waals surface area contributed by atoms with Gasteiger partial charge in [-0.05, 0) is 37.2 Å². The normalized spacial score (nSPS) is 26.1. The van der Waals surface area contributed by atoms with Crippen molar-refractivity contribution in [2.45, 2.75) is 52.0 Å². The highest BCUT2D eigenvalue weighted by Gasteiger charge is 2.25. The minimum atomic E-state index is 0.335. The quantitative estimate of drug-likeness (QED) is 0.717. The van der Waals surface area contributed by atoms with Gasteiger partial charge in [0.2, 0.25) is 5.91 Å². The van der Waals surface area contributed by atoms with Gasteiger partial charge in [0.05, 0.1) is 0 Å². The molecule has 0 spiro atoms. The van der Waals surface area contributed by atoms with Gasteiger partial charge in [-0.2, -0.15) is 0 Å². The average molecular weight is 346 g/mol. The Morgan fingerprint density at radius 3 is 2.64 bits per heavy atom. The fourth-order valence-corrected chi connectivity index (χ4v) is 4.26. The SMILES string of the molecule is CC(C)CC(=O)N1CCN(CC2=CCCN([C@H]3C=CCCC3)C2)CC1. The highest BCUT2D eigenvalue weighted by Crippen LogP contribution is 2.21. The van der Waals surface area contributed by atoms with Crippen molar-refractivity contribution in [1.82, 2.24) is 14.7 Å². The summed E-state index contributed by atoms with van der Waals surface area (Å²) in [7, 11) is 0. The van der Waals surface area contributed by atoms with Gasteiger partial charge in [0, 0.05) is 58.3 Å². The lowest BCUT2D eigenvalue weighted by molar-refractivity contribution is -0.133. The highest BCUT2D eigenvalue weighted by molar-refractivity contribution is 5.76. The molecule has 0 unspecified atom stereocenters. The summed E-state index contributed by atoms with van der Waals surface area (Å²) in [6.45, 7) is 11.5. The number of carbonyl (C=O) groups is 1. The van der Waals surface area contributed by atoms with E-state index in [4.69, 9.17) is 0 Å². The molecule has 0 aromatic carbocycles. The fraction of sp³-hybridized carbons (Fsp3) is 0.762. The summed E-state index contributed by atoms with van der Waals surface area (Å²) < 4.78 is 0. The molecule has 0 bridgehead atoms. The molecule has 4 heteroatoms. The largest absolute Gasteiger partial charge is 0.340 e. The van der Waals surface area contributed by atoms with E-state index in [1.165, 1.54) is 32.2 Å². The van der Waals surface area contributed by atoms with Crippen LogP contribution in [0, 0.1) is 5.92 Å². The standard InChI is InChI=1S/C21H35N3O/c1-18(2)15-21(25)23-13-11-22(12-14-23)16-19-7-6-10-24(17-19)20-8-4-3-5-9-20/h4,7-8,18,20H,3,5-6,9-17H2,1-2H3/t20-/m0/s1. The molecule has 1 fully saturated rings. The first-order chi connectivity index (χ1) is 12.1. The summed E-state index contributed by atoms with van der Waals surface area (Å²) in [5, 5.41) is 0. The molecule has 1 saturated heterocycles. The van der Waals surface area contributed by atoms with Gasteiger partial charge in [-0.25, -0.2) is 0 Å². The number of nitrogens with zero attached hydrogens (tertiary/aromatic N) is 3. The zero-order valence-corrected chi connectivity index (χ0v) is 16.1. The Kier molecular flexibility index (Phi) is 6.71. The van der Waals surface area contributed by atoms with Crippen molar-refractivity contribution >= 4 is 5.91 Å². The van der Waals surface area contributed by atoms with E-state index in [1.54, 1.807) is 5.57 Å². The lowest BCUT2D eigenvalue weighted by atomic mass is 9.98. The molecule has 0 aromatic heterocycles. The van der Waals surface area contributed by atoms with E-state index in [0.29, 0.717) is 24.3 Å². The van der Waals surface area contributed by atoms with Gasteiger partial charge < -0.3 is 4.90 Å². The fourth-order valence-electron chi connectivity index (χ4n) is 4.26. The van der Waals surface area contributed by atoms with E-state index in [-0.39, 0.29) is 0 Å². The van der Waals surface area contributed by atoms with Gasteiger partial charge in [0.15, 0.2) is 0 Å². The average Bonchev–Trinajstić information content (AvgIpc) is 2.63. The van der Waals surface area contributed by atoms with Gasteiger partial charge in [0.1, 0.15) is 0 Å². The molecule has 0 aromatic rings.